The van der Waals surface area contributed by atoms with E-state index in [-0.39, 0.29) is 11.9 Å². The van der Waals surface area contributed by atoms with Crippen molar-refractivity contribution >= 4 is 27.2 Å². The molecule has 4 heteroatoms. The number of carbonyl (C=O) groups is 1. The first-order chi connectivity index (χ1) is 10.1. The number of benzene rings is 1. The molecular formula is C17H15NO2S. The molecule has 0 N–H and O–H groups in total. The number of fused-ring (bicyclic) bond motifs is 1. The average Bonchev–Trinajstić information content (AvgIpc) is 2.90. The van der Waals surface area contributed by atoms with E-state index in [0.29, 0.717) is 11.3 Å². The number of rotatable bonds is 4. The van der Waals surface area contributed by atoms with Crippen LogP contribution in [-0.2, 0) is 0 Å². The van der Waals surface area contributed by atoms with Gasteiger partial charge in [0.25, 0.3) is 0 Å². The highest BCUT2D eigenvalue weighted by molar-refractivity contribution is 7.21. The van der Waals surface area contributed by atoms with Gasteiger partial charge in [0.15, 0.2) is 0 Å². The number of ketones is 1. The molecule has 0 saturated heterocycles. The molecule has 0 bridgehead atoms. The Labute approximate surface area is 127 Å². The lowest BCUT2D eigenvalue weighted by Gasteiger charge is -2.09. The number of ether oxygens (including phenoxy) is 1. The predicted octanol–water partition coefficient (Wildman–Crippen LogP) is 4.31. The Bertz CT molecular complexity index is 759. The lowest BCUT2D eigenvalue weighted by Crippen LogP contribution is -2.07. The van der Waals surface area contributed by atoms with E-state index in [1.165, 1.54) is 11.3 Å². The third-order valence-electron chi connectivity index (χ3n) is 3.00. The summed E-state index contributed by atoms with van der Waals surface area (Å²) in [6.45, 7) is 3.89. The Kier molecular flexibility index (Phi) is 3.71. The molecule has 3 aromatic rings. The maximum atomic E-state index is 12.6. The van der Waals surface area contributed by atoms with Gasteiger partial charge in [-0.3, -0.25) is 9.78 Å². The third kappa shape index (κ3) is 2.95. The lowest BCUT2D eigenvalue weighted by atomic mass is 10.1. The van der Waals surface area contributed by atoms with Crippen LogP contribution < -0.4 is 4.74 Å². The zero-order valence-corrected chi connectivity index (χ0v) is 12.7. The number of aromatic nitrogens is 1. The van der Waals surface area contributed by atoms with Crippen molar-refractivity contribution in [3.8, 4) is 5.75 Å². The van der Waals surface area contributed by atoms with E-state index in [2.05, 4.69) is 4.98 Å². The van der Waals surface area contributed by atoms with Crippen LogP contribution in [0.1, 0.15) is 29.1 Å². The van der Waals surface area contributed by atoms with Crippen LogP contribution in [0.3, 0.4) is 0 Å². The predicted molar refractivity (Wildman–Crippen MR) is 85.3 cm³/mol. The van der Waals surface area contributed by atoms with Gasteiger partial charge in [0.1, 0.15) is 5.75 Å². The summed E-state index contributed by atoms with van der Waals surface area (Å²) in [5.74, 6) is 0.606. The number of hydrogen-bond acceptors (Lipinski definition) is 4. The van der Waals surface area contributed by atoms with Gasteiger partial charge in [-0.1, -0.05) is 18.2 Å². The van der Waals surface area contributed by atoms with E-state index in [9.17, 15) is 4.79 Å². The van der Waals surface area contributed by atoms with Crippen molar-refractivity contribution in [2.45, 2.75) is 20.0 Å². The van der Waals surface area contributed by atoms with Crippen molar-refractivity contribution in [1.82, 2.24) is 4.98 Å². The topological polar surface area (TPSA) is 39.2 Å². The lowest BCUT2D eigenvalue weighted by molar-refractivity contribution is 0.104. The van der Waals surface area contributed by atoms with Gasteiger partial charge in [-0.25, -0.2) is 0 Å². The minimum atomic E-state index is -0.0158. The molecule has 106 valence electrons. The smallest absolute Gasteiger partial charge is 0.204 e. The molecule has 0 atom stereocenters. The maximum Gasteiger partial charge on any atom is 0.204 e. The first-order valence-electron chi connectivity index (χ1n) is 6.78. The van der Waals surface area contributed by atoms with Crippen molar-refractivity contribution in [3.05, 3.63) is 59.2 Å². The second kappa shape index (κ2) is 5.66. The zero-order valence-electron chi connectivity index (χ0n) is 11.9. The number of thiophene rings is 1. The van der Waals surface area contributed by atoms with Crippen LogP contribution in [0.4, 0.5) is 0 Å². The van der Waals surface area contributed by atoms with E-state index in [4.69, 9.17) is 4.74 Å². The van der Waals surface area contributed by atoms with Gasteiger partial charge in [0.05, 0.1) is 17.2 Å². The molecule has 0 aliphatic carbocycles. The third-order valence-corrected chi connectivity index (χ3v) is 4.11. The van der Waals surface area contributed by atoms with E-state index >= 15 is 0 Å². The Hall–Kier alpha value is -2.20. The van der Waals surface area contributed by atoms with Crippen LogP contribution in [-0.4, -0.2) is 16.9 Å². The van der Waals surface area contributed by atoms with Gasteiger partial charge in [0, 0.05) is 16.5 Å². The molecule has 0 saturated carbocycles. The molecule has 0 amide bonds. The second-order valence-electron chi connectivity index (χ2n) is 5.05. The molecule has 0 unspecified atom stereocenters. The molecule has 0 aliphatic heterocycles. The van der Waals surface area contributed by atoms with Gasteiger partial charge < -0.3 is 4.74 Å². The normalized spacial score (nSPS) is 11.0. The van der Waals surface area contributed by atoms with Crippen LogP contribution >= 0.6 is 11.3 Å². The highest BCUT2D eigenvalue weighted by Crippen LogP contribution is 2.27. The molecule has 3 nitrogen and oxygen atoms in total. The van der Waals surface area contributed by atoms with Crippen LogP contribution in [0.5, 0.6) is 5.75 Å². The minimum Gasteiger partial charge on any atom is -0.489 e. The first-order valence-corrected chi connectivity index (χ1v) is 7.60. The summed E-state index contributed by atoms with van der Waals surface area (Å²) in [4.78, 5) is 17.4. The SMILES string of the molecule is CC(C)Oc1cncc(C(=O)c2cc3ccccc3s2)c1. The Balaban J connectivity index is 1.94. The molecule has 0 aliphatic rings. The summed E-state index contributed by atoms with van der Waals surface area (Å²) in [5, 5.41) is 1.09. The van der Waals surface area contributed by atoms with E-state index < -0.39 is 0 Å². The number of nitrogens with zero attached hydrogens (tertiary/aromatic N) is 1. The second-order valence-corrected chi connectivity index (χ2v) is 6.14. The van der Waals surface area contributed by atoms with Gasteiger partial charge >= 0.3 is 0 Å². The molecule has 0 fully saturated rings. The van der Waals surface area contributed by atoms with Gasteiger partial charge in [-0.15, -0.1) is 11.3 Å². The van der Waals surface area contributed by atoms with Crippen molar-refractivity contribution < 1.29 is 9.53 Å². The van der Waals surface area contributed by atoms with Crippen LogP contribution in [0.25, 0.3) is 10.1 Å². The molecule has 2 heterocycles. The minimum absolute atomic E-state index is 0.0158. The standard InChI is InChI=1S/C17H15NO2S/c1-11(2)20-14-7-13(9-18-10-14)17(19)16-8-12-5-3-4-6-15(12)21-16/h3-11H,1-2H3. The highest BCUT2D eigenvalue weighted by Gasteiger charge is 2.14. The fourth-order valence-corrected chi connectivity index (χ4v) is 3.14. The summed E-state index contributed by atoms with van der Waals surface area (Å²) >= 11 is 1.50. The van der Waals surface area contributed by atoms with Gasteiger partial charge in [0.2, 0.25) is 5.78 Å². The summed E-state index contributed by atoms with van der Waals surface area (Å²) in [5.41, 5.74) is 0.555. The van der Waals surface area contributed by atoms with Crippen molar-refractivity contribution in [2.75, 3.05) is 0 Å². The summed E-state index contributed by atoms with van der Waals surface area (Å²) in [6.07, 6.45) is 3.27. The number of hydrogen-bond donors (Lipinski definition) is 0. The van der Waals surface area contributed by atoms with Crippen LogP contribution in [0, 0.1) is 0 Å². The largest absolute Gasteiger partial charge is 0.489 e. The quantitative estimate of drug-likeness (QED) is 0.673. The van der Waals surface area contributed by atoms with Gasteiger partial charge in [-0.2, -0.15) is 0 Å². The highest BCUT2D eigenvalue weighted by atomic mass is 32.1. The molecule has 21 heavy (non-hydrogen) atoms. The fraction of sp³-hybridized carbons (Fsp3) is 0.176. The molecule has 1 aromatic carbocycles. The number of carbonyl (C=O) groups excluding carboxylic acids is 1. The average molecular weight is 297 g/mol. The Morgan fingerprint density at radius 1 is 1.19 bits per heavy atom. The first kappa shape index (κ1) is 13.8. The van der Waals surface area contributed by atoms with Gasteiger partial charge in [-0.05, 0) is 37.4 Å². The Morgan fingerprint density at radius 3 is 2.76 bits per heavy atom. The molecule has 3 rings (SSSR count). The van der Waals surface area contributed by atoms with Crippen LogP contribution in [0.15, 0.2) is 48.8 Å². The summed E-state index contributed by atoms with van der Waals surface area (Å²) in [7, 11) is 0. The van der Waals surface area contributed by atoms with Crippen molar-refractivity contribution in [2.24, 2.45) is 0 Å². The summed E-state index contributed by atoms with van der Waals surface area (Å²) in [6, 6.07) is 11.7. The van der Waals surface area contributed by atoms with E-state index in [1.807, 2.05) is 44.2 Å². The molecule has 0 spiro atoms. The van der Waals surface area contributed by atoms with Crippen LogP contribution in [0.2, 0.25) is 0 Å². The van der Waals surface area contributed by atoms with E-state index in [1.54, 1.807) is 18.5 Å². The molecular weight excluding hydrogens is 282 g/mol. The monoisotopic (exact) mass is 297 g/mol. The van der Waals surface area contributed by atoms with Crippen molar-refractivity contribution in [3.63, 3.8) is 0 Å². The molecule has 0 radical (unpaired) electrons. The Morgan fingerprint density at radius 2 is 2.00 bits per heavy atom. The number of pyridine rings is 1. The zero-order chi connectivity index (χ0) is 14.8. The molecule has 2 aromatic heterocycles. The maximum absolute atomic E-state index is 12.6. The van der Waals surface area contributed by atoms with Crippen molar-refractivity contribution in [1.29, 1.82) is 0 Å². The summed E-state index contributed by atoms with van der Waals surface area (Å²) < 4.78 is 6.70. The van der Waals surface area contributed by atoms with E-state index in [0.717, 1.165) is 15.0 Å². The fourth-order valence-electron chi connectivity index (χ4n) is 2.12.